The zero-order valence-corrected chi connectivity index (χ0v) is 63.4. The number of esters is 4. The number of hydrogen-bond acceptors (Lipinski definition) is 15. The van der Waals surface area contributed by atoms with E-state index in [0.717, 1.165) is 108 Å². The van der Waals surface area contributed by atoms with Gasteiger partial charge in [-0.1, -0.05) is 325 Å². The molecule has 3 unspecified atom stereocenters. The van der Waals surface area contributed by atoms with E-state index in [9.17, 15) is 43.2 Å². The van der Waals surface area contributed by atoms with Crippen LogP contribution in [-0.4, -0.2) is 96.7 Å². The van der Waals surface area contributed by atoms with Crippen molar-refractivity contribution in [3.8, 4) is 0 Å². The number of unbranched alkanes of at least 4 members (excludes halogenated alkanes) is 37. The smallest absolute Gasteiger partial charge is 0.462 e. The van der Waals surface area contributed by atoms with Gasteiger partial charge in [-0.15, -0.1) is 0 Å². The van der Waals surface area contributed by atoms with Crippen LogP contribution in [0.4, 0.5) is 0 Å². The third-order valence-corrected chi connectivity index (χ3v) is 19.6. The maximum Gasteiger partial charge on any atom is 0.472 e. The molecule has 0 rings (SSSR count). The molecule has 558 valence electrons. The van der Waals surface area contributed by atoms with Crippen LogP contribution in [0.25, 0.3) is 0 Å². The monoisotopic (exact) mass is 1380 g/mol. The van der Waals surface area contributed by atoms with Gasteiger partial charge >= 0.3 is 39.5 Å². The van der Waals surface area contributed by atoms with Gasteiger partial charge in [0.1, 0.15) is 19.3 Å². The van der Waals surface area contributed by atoms with E-state index < -0.39 is 97.5 Å². The number of rotatable bonds is 72. The number of phosphoric acid groups is 2. The van der Waals surface area contributed by atoms with Gasteiger partial charge in [-0.25, -0.2) is 9.13 Å². The fourth-order valence-electron chi connectivity index (χ4n) is 11.3. The van der Waals surface area contributed by atoms with E-state index in [1.54, 1.807) is 0 Å². The van der Waals surface area contributed by atoms with Crippen molar-refractivity contribution in [2.75, 3.05) is 39.6 Å². The highest BCUT2D eigenvalue weighted by atomic mass is 31.2. The topological polar surface area (TPSA) is 237 Å². The number of ether oxygens (including phenoxy) is 4. The second kappa shape index (κ2) is 64.4. The number of aliphatic hydroxyl groups is 1. The standard InChI is InChI=1S/C75H146O17P2/c1-9-68(8)54-46-38-29-23-19-15-11-13-16-20-24-30-39-47-55-72(77)85-61-70(91-74(79)57-49-41-31-25-21-17-12-10-14-18-22-27-35-43-51-65(2)3)63-89-93(81,82)87-59-69(76)60-88-94(83,84)90-64-71(62-86-73(78)56-48-40-34-33-37-45-53-67(6)7)92-75(80)58-50-42-32-26-28-36-44-52-66(4)5/h65-71,76H,9-64H2,1-8H3,(H,81,82)(H,83,84)/t68?,69-,70-,71-/m1/s1. The normalized spacial score (nSPS) is 14.4. The van der Waals surface area contributed by atoms with Gasteiger partial charge in [-0.2, -0.15) is 0 Å². The Morgan fingerprint density at radius 3 is 0.755 bits per heavy atom. The first-order valence-corrected chi connectivity index (χ1v) is 41.7. The third kappa shape index (κ3) is 67.3. The molecule has 0 saturated carbocycles. The first kappa shape index (κ1) is 92.1. The molecule has 0 aromatic carbocycles. The van der Waals surface area contributed by atoms with Crippen molar-refractivity contribution in [3.05, 3.63) is 0 Å². The fourth-order valence-corrected chi connectivity index (χ4v) is 12.9. The van der Waals surface area contributed by atoms with E-state index in [0.29, 0.717) is 37.5 Å². The van der Waals surface area contributed by atoms with Crippen molar-refractivity contribution >= 4 is 39.5 Å². The zero-order chi connectivity index (χ0) is 69.6. The van der Waals surface area contributed by atoms with Crippen LogP contribution in [-0.2, 0) is 65.4 Å². The number of carbonyl (C=O) groups excluding carboxylic acids is 4. The Morgan fingerprint density at radius 1 is 0.298 bits per heavy atom. The molecular formula is C75H146O17P2. The van der Waals surface area contributed by atoms with Gasteiger partial charge in [-0.3, -0.25) is 37.3 Å². The minimum atomic E-state index is -4.96. The van der Waals surface area contributed by atoms with Gasteiger partial charge in [0.25, 0.3) is 0 Å². The van der Waals surface area contributed by atoms with Crippen molar-refractivity contribution in [1.82, 2.24) is 0 Å². The van der Waals surface area contributed by atoms with Gasteiger partial charge in [0.05, 0.1) is 26.4 Å². The molecule has 0 aliphatic heterocycles. The molecule has 0 aromatic heterocycles. The average Bonchev–Trinajstić information content (AvgIpc) is 1.83. The summed E-state index contributed by atoms with van der Waals surface area (Å²) >= 11 is 0. The Morgan fingerprint density at radius 2 is 0.511 bits per heavy atom. The molecule has 0 spiro atoms. The highest BCUT2D eigenvalue weighted by Crippen LogP contribution is 2.45. The average molecular weight is 1380 g/mol. The maximum absolute atomic E-state index is 13.1. The molecule has 0 heterocycles. The first-order valence-electron chi connectivity index (χ1n) is 38.7. The molecule has 17 nitrogen and oxygen atoms in total. The first-order chi connectivity index (χ1) is 45.1. The molecule has 94 heavy (non-hydrogen) atoms. The molecule has 0 saturated heterocycles. The Labute approximate surface area is 575 Å². The second-order valence-electron chi connectivity index (χ2n) is 28.7. The van der Waals surface area contributed by atoms with E-state index in [-0.39, 0.29) is 25.7 Å². The van der Waals surface area contributed by atoms with Crippen LogP contribution >= 0.6 is 15.6 Å². The van der Waals surface area contributed by atoms with Gasteiger partial charge < -0.3 is 33.8 Å². The molecule has 0 radical (unpaired) electrons. The predicted octanol–water partition coefficient (Wildman–Crippen LogP) is 21.7. The van der Waals surface area contributed by atoms with Gasteiger partial charge in [-0.05, 0) is 49.4 Å². The molecule has 0 fully saturated rings. The van der Waals surface area contributed by atoms with Crippen LogP contribution in [0.3, 0.4) is 0 Å². The number of phosphoric ester groups is 2. The lowest BCUT2D eigenvalue weighted by atomic mass is 9.99. The number of aliphatic hydroxyl groups excluding tert-OH is 1. The van der Waals surface area contributed by atoms with E-state index in [2.05, 4.69) is 55.4 Å². The fraction of sp³-hybridized carbons (Fsp3) is 0.947. The summed E-state index contributed by atoms with van der Waals surface area (Å²) in [5, 5.41) is 10.6. The summed E-state index contributed by atoms with van der Waals surface area (Å²) in [6.07, 6.45) is 48.8. The minimum Gasteiger partial charge on any atom is -0.462 e. The third-order valence-electron chi connectivity index (χ3n) is 17.7. The van der Waals surface area contributed by atoms with Crippen molar-refractivity contribution in [2.24, 2.45) is 23.7 Å². The molecular weight excluding hydrogens is 1230 g/mol. The summed E-state index contributed by atoms with van der Waals surface area (Å²) in [6, 6.07) is 0. The van der Waals surface area contributed by atoms with E-state index >= 15 is 0 Å². The SMILES string of the molecule is CCC(C)CCCCCCCCCCCCCCCCC(=O)OC[C@H](COP(=O)(O)OC[C@@H](O)COP(=O)(O)OC[C@@H](COC(=O)CCCCCCCCC(C)C)OC(=O)CCCCCCCCCC(C)C)OC(=O)CCCCCCCCCCCCCCCCC(C)C. The highest BCUT2D eigenvalue weighted by Gasteiger charge is 2.30. The van der Waals surface area contributed by atoms with Crippen LogP contribution in [0.1, 0.15) is 376 Å². The lowest BCUT2D eigenvalue weighted by molar-refractivity contribution is -0.161. The minimum absolute atomic E-state index is 0.102. The summed E-state index contributed by atoms with van der Waals surface area (Å²) < 4.78 is 68.4. The number of hydrogen-bond donors (Lipinski definition) is 3. The van der Waals surface area contributed by atoms with Crippen molar-refractivity contribution in [1.29, 1.82) is 0 Å². The van der Waals surface area contributed by atoms with Crippen molar-refractivity contribution < 1.29 is 80.2 Å². The Balaban J connectivity index is 5.22. The van der Waals surface area contributed by atoms with E-state index in [1.807, 2.05) is 0 Å². The molecule has 0 aromatic rings. The lowest BCUT2D eigenvalue weighted by Crippen LogP contribution is -2.30. The Hall–Kier alpha value is -1.94. The van der Waals surface area contributed by atoms with Crippen LogP contribution in [0.15, 0.2) is 0 Å². The number of carbonyl (C=O) groups is 4. The quantitative estimate of drug-likeness (QED) is 0.0222. The summed E-state index contributed by atoms with van der Waals surface area (Å²) in [4.78, 5) is 72.7. The van der Waals surface area contributed by atoms with Crippen LogP contribution < -0.4 is 0 Å². The van der Waals surface area contributed by atoms with Crippen LogP contribution in [0, 0.1) is 23.7 Å². The van der Waals surface area contributed by atoms with Crippen LogP contribution in [0.2, 0.25) is 0 Å². The molecule has 0 bridgehead atoms. The Bertz CT molecular complexity index is 1850. The lowest BCUT2D eigenvalue weighted by Gasteiger charge is -2.21. The molecule has 19 heteroatoms. The summed E-state index contributed by atoms with van der Waals surface area (Å²) in [5.41, 5.74) is 0. The summed E-state index contributed by atoms with van der Waals surface area (Å²) in [7, 11) is -9.91. The largest absolute Gasteiger partial charge is 0.472 e. The molecule has 6 atom stereocenters. The zero-order valence-electron chi connectivity index (χ0n) is 61.6. The molecule has 0 aliphatic rings. The van der Waals surface area contributed by atoms with Gasteiger partial charge in [0.2, 0.25) is 0 Å². The van der Waals surface area contributed by atoms with Crippen molar-refractivity contribution in [2.45, 2.75) is 395 Å². The predicted molar refractivity (Wildman–Crippen MR) is 381 cm³/mol. The van der Waals surface area contributed by atoms with Gasteiger partial charge in [0.15, 0.2) is 12.2 Å². The molecule has 3 N–H and O–H groups in total. The summed E-state index contributed by atoms with van der Waals surface area (Å²) in [6.45, 7) is 14.1. The maximum atomic E-state index is 13.1. The van der Waals surface area contributed by atoms with E-state index in [1.165, 1.54) is 173 Å². The highest BCUT2D eigenvalue weighted by molar-refractivity contribution is 7.47. The van der Waals surface area contributed by atoms with Gasteiger partial charge in [0, 0.05) is 25.7 Å². The van der Waals surface area contributed by atoms with Crippen LogP contribution in [0.5, 0.6) is 0 Å². The van der Waals surface area contributed by atoms with E-state index in [4.69, 9.17) is 37.0 Å². The summed E-state index contributed by atoms with van der Waals surface area (Å²) in [5.74, 6) is 0.894. The Kier molecular flexibility index (Phi) is 63.1. The van der Waals surface area contributed by atoms with Crippen molar-refractivity contribution in [3.63, 3.8) is 0 Å². The molecule has 0 amide bonds. The molecule has 0 aliphatic carbocycles. The second-order valence-corrected chi connectivity index (χ2v) is 31.6.